The molecule has 0 aliphatic carbocycles. The molecule has 5 nitrogen and oxygen atoms in total. The van der Waals surface area contributed by atoms with Crippen LogP contribution in [0.25, 0.3) is 11.1 Å². The Hall–Kier alpha value is -2.45. The van der Waals surface area contributed by atoms with Gasteiger partial charge < -0.3 is 14.5 Å². The predicted molar refractivity (Wildman–Crippen MR) is 73.1 cm³/mol. The third-order valence-electron chi connectivity index (χ3n) is 3.03. The smallest absolute Gasteiger partial charge is 0.266 e. The monoisotopic (exact) mass is 288 g/mol. The van der Waals surface area contributed by atoms with Gasteiger partial charge in [-0.05, 0) is 19.1 Å². The molecule has 1 aromatic heterocycles. The molecule has 2 heterocycles. The number of aromatic nitrogens is 1. The largest absolute Gasteiger partial charge is 0.454 e. The highest BCUT2D eigenvalue weighted by molar-refractivity contribution is 6.33. The number of aromatic amines is 1. The third kappa shape index (κ3) is 1.91. The number of H-pyrrole nitrogens is 1. The molecule has 100 valence electrons. The Balaban J connectivity index is 2.30. The van der Waals surface area contributed by atoms with Crippen molar-refractivity contribution in [2.45, 2.75) is 6.92 Å². The molecule has 1 aliphatic rings. The van der Waals surface area contributed by atoms with Gasteiger partial charge in [0.05, 0.1) is 5.02 Å². The highest BCUT2D eigenvalue weighted by atomic mass is 35.5. The first-order chi connectivity index (χ1) is 9.60. The van der Waals surface area contributed by atoms with Crippen LogP contribution >= 0.6 is 11.6 Å². The molecule has 0 atom stereocenters. The van der Waals surface area contributed by atoms with E-state index in [-0.39, 0.29) is 12.4 Å². The standard InChI is InChI=1S/C14H9ClN2O3/c1-7-2-8(10(5-16)14(18)17-7)9-3-12-13(4-11(9)15)20-6-19-12/h2-4H,6H2,1H3,(H,17,18). The van der Waals surface area contributed by atoms with Gasteiger partial charge in [0.25, 0.3) is 5.56 Å². The summed E-state index contributed by atoms with van der Waals surface area (Å²) in [5, 5.41) is 9.57. The maximum Gasteiger partial charge on any atom is 0.266 e. The zero-order chi connectivity index (χ0) is 14.3. The number of nitrogens with one attached hydrogen (secondary N) is 1. The number of fused-ring (bicyclic) bond motifs is 1. The fourth-order valence-electron chi connectivity index (χ4n) is 2.14. The Kier molecular flexibility index (Phi) is 2.88. The Bertz CT molecular complexity index is 805. The average Bonchev–Trinajstić information content (AvgIpc) is 2.84. The van der Waals surface area contributed by atoms with E-state index in [0.717, 1.165) is 0 Å². The molecule has 0 unspecified atom stereocenters. The van der Waals surface area contributed by atoms with E-state index in [1.165, 1.54) is 0 Å². The summed E-state index contributed by atoms with van der Waals surface area (Å²) in [5.74, 6) is 1.10. The molecule has 2 aromatic rings. The SMILES string of the molecule is Cc1cc(-c2cc3c(cc2Cl)OCO3)c(C#N)c(=O)[nH]1. The normalized spacial score (nSPS) is 12.2. The van der Waals surface area contributed by atoms with Crippen molar-refractivity contribution in [3.05, 3.63) is 44.8 Å². The number of ether oxygens (including phenoxy) is 2. The van der Waals surface area contributed by atoms with Crippen molar-refractivity contribution >= 4 is 11.6 Å². The number of hydrogen-bond donors (Lipinski definition) is 1. The van der Waals surface area contributed by atoms with Gasteiger partial charge in [-0.3, -0.25) is 4.79 Å². The van der Waals surface area contributed by atoms with E-state index in [2.05, 4.69) is 4.98 Å². The van der Waals surface area contributed by atoms with E-state index in [4.69, 9.17) is 26.3 Å². The number of nitriles is 1. The minimum atomic E-state index is -0.434. The zero-order valence-corrected chi connectivity index (χ0v) is 11.2. The van der Waals surface area contributed by atoms with E-state index >= 15 is 0 Å². The summed E-state index contributed by atoms with van der Waals surface area (Å²) < 4.78 is 10.5. The minimum absolute atomic E-state index is 0.0244. The highest BCUT2D eigenvalue weighted by Gasteiger charge is 2.20. The Labute approximate surface area is 119 Å². The van der Waals surface area contributed by atoms with Crippen molar-refractivity contribution in [3.63, 3.8) is 0 Å². The number of aryl methyl sites for hydroxylation is 1. The summed E-state index contributed by atoms with van der Waals surface area (Å²) in [6.45, 7) is 1.88. The lowest BCUT2D eigenvalue weighted by atomic mass is 10.0. The average molecular weight is 289 g/mol. The predicted octanol–water partition coefficient (Wildman–Crippen LogP) is 2.60. The van der Waals surface area contributed by atoms with Gasteiger partial charge in [0, 0.05) is 22.9 Å². The fraction of sp³-hybridized carbons (Fsp3) is 0.143. The molecule has 1 N–H and O–H groups in total. The molecule has 20 heavy (non-hydrogen) atoms. The van der Waals surface area contributed by atoms with Crippen LogP contribution in [-0.2, 0) is 0 Å². The van der Waals surface area contributed by atoms with Crippen LogP contribution in [0, 0.1) is 18.3 Å². The molecule has 0 fully saturated rings. The van der Waals surface area contributed by atoms with Crippen LogP contribution in [0.3, 0.4) is 0 Å². The molecule has 1 aliphatic heterocycles. The van der Waals surface area contributed by atoms with Gasteiger partial charge in [0.15, 0.2) is 11.5 Å². The molecule has 0 spiro atoms. The third-order valence-corrected chi connectivity index (χ3v) is 3.34. The molecular formula is C14H9ClN2O3. The summed E-state index contributed by atoms with van der Waals surface area (Å²) >= 11 is 6.22. The van der Waals surface area contributed by atoms with Gasteiger partial charge in [-0.1, -0.05) is 11.6 Å². The maximum atomic E-state index is 11.8. The van der Waals surface area contributed by atoms with Crippen LogP contribution in [0.15, 0.2) is 23.0 Å². The minimum Gasteiger partial charge on any atom is -0.454 e. The molecule has 0 amide bonds. The Morgan fingerprint density at radius 2 is 1.95 bits per heavy atom. The molecule has 0 radical (unpaired) electrons. The van der Waals surface area contributed by atoms with Gasteiger partial charge in [0.2, 0.25) is 6.79 Å². The summed E-state index contributed by atoms with van der Waals surface area (Å²) in [6.07, 6.45) is 0. The first-order valence-electron chi connectivity index (χ1n) is 5.83. The van der Waals surface area contributed by atoms with E-state index < -0.39 is 5.56 Å². The lowest BCUT2D eigenvalue weighted by molar-refractivity contribution is 0.174. The van der Waals surface area contributed by atoms with Crippen LogP contribution in [-0.4, -0.2) is 11.8 Å². The number of hydrogen-bond acceptors (Lipinski definition) is 4. The van der Waals surface area contributed by atoms with E-state index in [1.807, 2.05) is 6.07 Å². The van der Waals surface area contributed by atoms with Gasteiger partial charge >= 0.3 is 0 Å². The lowest BCUT2D eigenvalue weighted by Crippen LogP contribution is -2.12. The van der Waals surface area contributed by atoms with Gasteiger partial charge in [-0.15, -0.1) is 0 Å². The highest BCUT2D eigenvalue weighted by Crippen LogP contribution is 2.41. The summed E-state index contributed by atoms with van der Waals surface area (Å²) in [6, 6.07) is 6.92. The number of nitrogens with zero attached hydrogens (tertiary/aromatic N) is 1. The molecule has 0 saturated carbocycles. The van der Waals surface area contributed by atoms with E-state index in [9.17, 15) is 4.79 Å². The van der Waals surface area contributed by atoms with Gasteiger partial charge in [0.1, 0.15) is 11.6 Å². The van der Waals surface area contributed by atoms with Gasteiger partial charge in [-0.25, -0.2) is 0 Å². The van der Waals surface area contributed by atoms with Crippen molar-refractivity contribution < 1.29 is 9.47 Å². The summed E-state index contributed by atoms with van der Waals surface area (Å²) in [7, 11) is 0. The number of benzene rings is 1. The van der Waals surface area contributed by atoms with Gasteiger partial charge in [-0.2, -0.15) is 5.26 Å². The van der Waals surface area contributed by atoms with Crippen molar-refractivity contribution in [1.29, 1.82) is 5.26 Å². The molecular weight excluding hydrogens is 280 g/mol. The molecule has 1 aromatic carbocycles. The molecule has 6 heteroatoms. The van der Waals surface area contributed by atoms with Crippen LogP contribution < -0.4 is 15.0 Å². The van der Waals surface area contributed by atoms with E-state index in [1.54, 1.807) is 25.1 Å². The van der Waals surface area contributed by atoms with Crippen LogP contribution in [0.4, 0.5) is 0 Å². The summed E-state index contributed by atoms with van der Waals surface area (Å²) in [4.78, 5) is 14.4. The second-order valence-electron chi connectivity index (χ2n) is 4.37. The fourth-order valence-corrected chi connectivity index (χ4v) is 2.39. The summed E-state index contributed by atoms with van der Waals surface area (Å²) in [5.41, 5.74) is 1.30. The van der Waals surface area contributed by atoms with Crippen molar-refractivity contribution in [2.24, 2.45) is 0 Å². The number of rotatable bonds is 1. The Morgan fingerprint density at radius 1 is 1.25 bits per heavy atom. The first-order valence-corrected chi connectivity index (χ1v) is 6.21. The number of halogens is 1. The maximum absolute atomic E-state index is 11.8. The second-order valence-corrected chi connectivity index (χ2v) is 4.77. The zero-order valence-electron chi connectivity index (χ0n) is 10.5. The van der Waals surface area contributed by atoms with Crippen LogP contribution in [0.5, 0.6) is 11.5 Å². The van der Waals surface area contributed by atoms with Crippen LogP contribution in [0.1, 0.15) is 11.3 Å². The molecule has 0 saturated heterocycles. The Morgan fingerprint density at radius 3 is 2.65 bits per heavy atom. The van der Waals surface area contributed by atoms with Crippen molar-refractivity contribution in [3.8, 4) is 28.7 Å². The quantitative estimate of drug-likeness (QED) is 0.875. The van der Waals surface area contributed by atoms with Crippen LogP contribution in [0.2, 0.25) is 5.02 Å². The topological polar surface area (TPSA) is 75.1 Å². The van der Waals surface area contributed by atoms with E-state index in [0.29, 0.717) is 33.3 Å². The van der Waals surface area contributed by atoms with Crippen molar-refractivity contribution in [2.75, 3.05) is 6.79 Å². The lowest BCUT2D eigenvalue weighted by Gasteiger charge is -2.08. The second kappa shape index (κ2) is 4.58. The molecule has 0 bridgehead atoms. The number of pyridine rings is 1. The first kappa shape index (κ1) is 12.6. The van der Waals surface area contributed by atoms with Crippen molar-refractivity contribution in [1.82, 2.24) is 4.98 Å². The molecule has 3 rings (SSSR count).